The van der Waals surface area contributed by atoms with Crippen molar-refractivity contribution in [2.45, 2.75) is 11.8 Å². The SMILES string of the molecule is CCOC(=O)CNS(=O)(=O)c1ccc2c(c1)N(C)CCO2. The summed E-state index contributed by atoms with van der Waals surface area (Å²) in [5.41, 5.74) is 0.709. The van der Waals surface area contributed by atoms with Crippen molar-refractivity contribution in [3.05, 3.63) is 18.2 Å². The molecule has 0 radical (unpaired) electrons. The van der Waals surface area contributed by atoms with E-state index in [1.54, 1.807) is 13.0 Å². The van der Waals surface area contributed by atoms with Gasteiger partial charge in [-0.25, -0.2) is 8.42 Å². The number of anilines is 1. The van der Waals surface area contributed by atoms with Crippen LogP contribution in [0.2, 0.25) is 0 Å². The second-order valence-electron chi connectivity index (χ2n) is 4.53. The molecule has 116 valence electrons. The van der Waals surface area contributed by atoms with E-state index in [4.69, 9.17) is 4.74 Å². The predicted molar refractivity (Wildman–Crippen MR) is 77.0 cm³/mol. The highest BCUT2D eigenvalue weighted by atomic mass is 32.2. The monoisotopic (exact) mass is 314 g/mol. The highest BCUT2D eigenvalue weighted by Crippen LogP contribution is 2.32. The highest BCUT2D eigenvalue weighted by molar-refractivity contribution is 7.89. The van der Waals surface area contributed by atoms with Gasteiger partial charge in [0.05, 0.1) is 23.7 Å². The van der Waals surface area contributed by atoms with E-state index in [0.717, 1.165) is 0 Å². The fourth-order valence-electron chi connectivity index (χ4n) is 1.95. The number of sulfonamides is 1. The van der Waals surface area contributed by atoms with Crippen molar-refractivity contribution in [2.75, 3.05) is 38.3 Å². The van der Waals surface area contributed by atoms with E-state index in [1.807, 2.05) is 11.9 Å². The Balaban J connectivity index is 2.17. The van der Waals surface area contributed by atoms with E-state index in [0.29, 0.717) is 24.6 Å². The first-order chi connectivity index (χ1) is 9.94. The minimum atomic E-state index is -3.76. The maximum absolute atomic E-state index is 12.2. The van der Waals surface area contributed by atoms with Crippen LogP contribution in [0.15, 0.2) is 23.1 Å². The molecule has 1 aliphatic rings. The Hall–Kier alpha value is -1.80. The molecular formula is C13H18N2O5S. The molecule has 0 saturated heterocycles. The van der Waals surface area contributed by atoms with E-state index in [2.05, 4.69) is 9.46 Å². The van der Waals surface area contributed by atoms with Gasteiger partial charge in [-0.3, -0.25) is 4.79 Å². The van der Waals surface area contributed by atoms with Crippen LogP contribution < -0.4 is 14.4 Å². The molecule has 0 aliphatic carbocycles. The topological polar surface area (TPSA) is 84.9 Å². The summed E-state index contributed by atoms with van der Waals surface area (Å²) in [5, 5.41) is 0. The van der Waals surface area contributed by atoms with Crippen LogP contribution in [-0.4, -0.2) is 47.7 Å². The molecule has 0 spiro atoms. The van der Waals surface area contributed by atoms with Gasteiger partial charge in [0.15, 0.2) is 0 Å². The van der Waals surface area contributed by atoms with Crippen molar-refractivity contribution in [1.29, 1.82) is 0 Å². The minimum Gasteiger partial charge on any atom is -0.490 e. The number of benzene rings is 1. The van der Waals surface area contributed by atoms with Crippen LogP contribution in [0.3, 0.4) is 0 Å². The maximum atomic E-state index is 12.2. The Bertz CT molecular complexity index is 629. The smallest absolute Gasteiger partial charge is 0.321 e. The predicted octanol–water partition coefficient (Wildman–Crippen LogP) is 0.357. The Morgan fingerprint density at radius 3 is 2.95 bits per heavy atom. The van der Waals surface area contributed by atoms with Gasteiger partial charge in [-0.15, -0.1) is 0 Å². The summed E-state index contributed by atoms with van der Waals surface area (Å²) in [5.74, 6) is 0.0348. The highest BCUT2D eigenvalue weighted by Gasteiger charge is 2.21. The van der Waals surface area contributed by atoms with Crippen LogP contribution in [-0.2, 0) is 19.6 Å². The molecule has 0 unspecified atom stereocenters. The van der Waals surface area contributed by atoms with E-state index >= 15 is 0 Å². The molecule has 21 heavy (non-hydrogen) atoms. The first-order valence-electron chi connectivity index (χ1n) is 6.57. The zero-order valence-electron chi connectivity index (χ0n) is 12.0. The first-order valence-corrected chi connectivity index (χ1v) is 8.05. The number of esters is 1. The normalized spacial score (nSPS) is 14.3. The van der Waals surface area contributed by atoms with Gasteiger partial charge in [0.25, 0.3) is 0 Å². The summed E-state index contributed by atoms with van der Waals surface area (Å²) < 4.78 is 36.7. The molecule has 0 fully saturated rings. The lowest BCUT2D eigenvalue weighted by atomic mass is 10.2. The number of hydrogen-bond donors (Lipinski definition) is 1. The minimum absolute atomic E-state index is 0.0860. The van der Waals surface area contributed by atoms with Gasteiger partial charge in [-0.05, 0) is 25.1 Å². The second kappa shape index (κ2) is 6.31. The quantitative estimate of drug-likeness (QED) is 0.790. The van der Waals surface area contributed by atoms with Crippen LogP contribution in [0.5, 0.6) is 5.75 Å². The maximum Gasteiger partial charge on any atom is 0.321 e. The fraction of sp³-hybridized carbons (Fsp3) is 0.462. The molecule has 0 bridgehead atoms. The van der Waals surface area contributed by atoms with E-state index in [-0.39, 0.29) is 18.0 Å². The van der Waals surface area contributed by atoms with E-state index < -0.39 is 16.0 Å². The zero-order valence-corrected chi connectivity index (χ0v) is 12.8. The van der Waals surface area contributed by atoms with Crippen LogP contribution in [0, 0.1) is 0 Å². The van der Waals surface area contributed by atoms with Gasteiger partial charge in [0.1, 0.15) is 18.9 Å². The van der Waals surface area contributed by atoms with Crippen LogP contribution >= 0.6 is 0 Å². The van der Waals surface area contributed by atoms with Gasteiger partial charge in [-0.2, -0.15) is 4.72 Å². The van der Waals surface area contributed by atoms with Gasteiger partial charge in [-0.1, -0.05) is 0 Å². The van der Waals surface area contributed by atoms with Crippen molar-refractivity contribution in [1.82, 2.24) is 4.72 Å². The van der Waals surface area contributed by atoms with Gasteiger partial charge in [0, 0.05) is 7.05 Å². The lowest BCUT2D eigenvalue weighted by molar-refractivity contribution is -0.141. The third-order valence-electron chi connectivity index (χ3n) is 3.05. The van der Waals surface area contributed by atoms with Crippen molar-refractivity contribution in [2.24, 2.45) is 0 Å². The number of likely N-dealkylation sites (N-methyl/N-ethyl adjacent to an activating group) is 1. The molecule has 0 atom stereocenters. The Morgan fingerprint density at radius 1 is 1.48 bits per heavy atom. The van der Waals surface area contributed by atoms with Crippen molar-refractivity contribution < 1.29 is 22.7 Å². The Labute approximate surface area is 123 Å². The molecule has 7 nitrogen and oxygen atoms in total. The number of rotatable bonds is 5. The molecule has 1 aromatic carbocycles. The summed E-state index contributed by atoms with van der Waals surface area (Å²) in [4.78, 5) is 13.2. The fourth-order valence-corrected chi connectivity index (χ4v) is 2.94. The average Bonchev–Trinajstić information content (AvgIpc) is 2.46. The molecule has 0 amide bonds. The summed E-state index contributed by atoms with van der Waals surface area (Å²) >= 11 is 0. The number of fused-ring (bicyclic) bond motifs is 1. The number of carbonyl (C=O) groups is 1. The second-order valence-corrected chi connectivity index (χ2v) is 6.30. The van der Waals surface area contributed by atoms with E-state index in [1.165, 1.54) is 12.1 Å². The van der Waals surface area contributed by atoms with Gasteiger partial charge >= 0.3 is 5.97 Å². The molecule has 1 N–H and O–H groups in total. The van der Waals surface area contributed by atoms with Crippen molar-refractivity contribution in [3.8, 4) is 5.75 Å². The zero-order chi connectivity index (χ0) is 15.5. The lowest BCUT2D eigenvalue weighted by Gasteiger charge is -2.28. The van der Waals surface area contributed by atoms with Crippen molar-refractivity contribution >= 4 is 21.7 Å². The molecule has 1 heterocycles. The number of nitrogens with zero attached hydrogens (tertiary/aromatic N) is 1. The van der Waals surface area contributed by atoms with Crippen LogP contribution in [0.1, 0.15) is 6.92 Å². The molecule has 8 heteroatoms. The first kappa shape index (κ1) is 15.6. The molecule has 0 aromatic heterocycles. The van der Waals surface area contributed by atoms with Crippen LogP contribution in [0.4, 0.5) is 5.69 Å². The number of ether oxygens (including phenoxy) is 2. The Morgan fingerprint density at radius 2 is 2.24 bits per heavy atom. The molecule has 0 saturated carbocycles. The summed E-state index contributed by atoms with van der Waals surface area (Å²) in [6.07, 6.45) is 0. The number of hydrogen-bond acceptors (Lipinski definition) is 6. The lowest BCUT2D eigenvalue weighted by Crippen LogP contribution is -2.32. The molecule has 2 rings (SSSR count). The molecular weight excluding hydrogens is 296 g/mol. The standard InChI is InChI=1S/C13H18N2O5S/c1-3-19-13(16)9-14-21(17,18)10-4-5-12-11(8-10)15(2)6-7-20-12/h4-5,8,14H,3,6-7,9H2,1-2H3. The number of nitrogens with one attached hydrogen (secondary N) is 1. The van der Waals surface area contributed by atoms with E-state index in [9.17, 15) is 13.2 Å². The largest absolute Gasteiger partial charge is 0.490 e. The van der Waals surface area contributed by atoms with Gasteiger partial charge in [0.2, 0.25) is 10.0 Å². The number of carbonyl (C=O) groups excluding carboxylic acids is 1. The van der Waals surface area contributed by atoms with Gasteiger partial charge < -0.3 is 14.4 Å². The molecule has 1 aromatic rings. The third kappa shape index (κ3) is 3.64. The third-order valence-corrected chi connectivity index (χ3v) is 4.45. The molecule has 1 aliphatic heterocycles. The summed E-state index contributed by atoms with van der Waals surface area (Å²) in [6.45, 7) is 2.73. The van der Waals surface area contributed by atoms with Crippen molar-refractivity contribution in [3.63, 3.8) is 0 Å². The summed E-state index contributed by atoms with van der Waals surface area (Å²) in [7, 11) is -1.90. The Kier molecular flexibility index (Phi) is 4.69. The van der Waals surface area contributed by atoms with Crippen LogP contribution in [0.25, 0.3) is 0 Å². The summed E-state index contributed by atoms with van der Waals surface area (Å²) in [6, 6.07) is 4.59. The average molecular weight is 314 g/mol.